The first kappa shape index (κ1) is 16.0. The lowest BCUT2D eigenvalue weighted by Crippen LogP contribution is -2.22. The van der Waals surface area contributed by atoms with Gasteiger partial charge in [0.05, 0.1) is 0 Å². The number of nitrogens with one attached hydrogen (secondary N) is 1. The lowest BCUT2D eigenvalue weighted by atomic mass is 9.81. The smallest absolute Gasteiger partial charge is 0.00463 e. The summed E-state index contributed by atoms with van der Waals surface area (Å²) >= 11 is 0. The van der Waals surface area contributed by atoms with E-state index >= 15 is 0 Å². The first-order valence-electron chi connectivity index (χ1n) is 8.53. The summed E-state index contributed by atoms with van der Waals surface area (Å²) in [7, 11) is 0. The van der Waals surface area contributed by atoms with E-state index in [0.717, 1.165) is 11.8 Å². The van der Waals surface area contributed by atoms with Crippen LogP contribution in [0.3, 0.4) is 0 Å². The first-order valence-corrected chi connectivity index (χ1v) is 8.53. The Hall–Kier alpha value is -0.0400. The maximum atomic E-state index is 3.64. The second kappa shape index (κ2) is 10.8. The molecule has 108 valence electrons. The SMILES string of the molecule is CCCCCCCCNCCC1CCCC(C)C1. The number of rotatable bonds is 10. The number of hydrogen-bond donors (Lipinski definition) is 1. The van der Waals surface area contributed by atoms with Gasteiger partial charge in [-0.05, 0) is 44.2 Å². The van der Waals surface area contributed by atoms with E-state index in [-0.39, 0.29) is 0 Å². The molecule has 2 unspecified atom stereocenters. The Morgan fingerprint density at radius 2 is 1.72 bits per heavy atom. The molecule has 1 aliphatic carbocycles. The molecule has 0 aromatic heterocycles. The standard InChI is InChI=1S/C17H35N/c1-3-4-5-6-7-8-13-18-14-12-17-11-9-10-16(2)15-17/h16-18H,3-15H2,1-2H3. The van der Waals surface area contributed by atoms with Crippen LogP contribution in [0.1, 0.15) is 84.5 Å². The molecule has 1 heteroatoms. The van der Waals surface area contributed by atoms with Crippen LogP contribution >= 0.6 is 0 Å². The fourth-order valence-corrected chi connectivity index (χ4v) is 3.28. The molecule has 1 rings (SSSR count). The Bertz CT molecular complexity index is 178. The van der Waals surface area contributed by atoms with Gasteiger partial charge in [-0.25, -0.2) is 0 Å². The van der Waals surface area contributed by atoms with Crippen LogP contribution in [-0.4, -0.2) is 13.1 Å². The van der Waals surface area contributed by atoms with Crippen molar-refractivity contribution in [1.82, 2.24) is 5.32 Å². The molecule has 1 nitrogen and oxygen atoms in total. The van der Waals surface area contributed by atoms with E-state index < -0.39 is 0 Å². The molecule has 1 fully saturated rings. The van der Waals surface area contributed by atoms with Crippen molar-refractivity contribution in [2.24, 2.45) is 11.8 Å². The Kier molecular flexibility index (Phi) is 9.65. The minimum Gasteiger partial charge on any atom is -0.317 e. The molecular formula is C17H35N. The van der Waals surface area contributed by atoms with E-state index in [4.69, 9.17) is 0 Å². The van der Waals surface area contributed by atoms with Gasteiger partial charge in [0.25, 0.3) is 0 Å². The maximum absolute atomic E-state index is 3.64. The predicted octanol–water partition coefficient (Wildman–Crippen LogP) is 5.15. The molecule has 0 spiro atoms. The molecule has 0 aromatic rings. The van der Waals surface area contributed by atoms with E-state index in [2.05, 4.69) is 19.2 Å². The number of hydrogen-bond acceptors (Lipinski definition) is 1. The zero-order chi connectivity index (χ0) is 13.1. The zero-order valence-electron chi connectivity index (χ0n) is 12.8. The van der Waals surface area contributed by atoms with Crippen LogP contribution in [0, 0.1) is 11.8 Å². The van der Waals surface area contributed by atoms with Gasteiger partial charge >= 0.3 is 0 Å². The van der Waals surface area contributed by atoms with Crippen LogP contribution in [0.4, 0.5) is 0 Å². The highest BCUT2D eigenvalue weighted by atomic mass is 14.8. The van der Waals surface area contributed by atoms with Crippen molar-refractivity contribution >= 4 is 0 Å². The fourth-order valence-electron chi connectivity index (χ4n) is 3.28. The summed E-state index contributed by atoms with van der Waals surface area (Å²) in [5.41, 5.74) is 0. The van der Waals surface area contributed by atoms with Crippen molar-refractivity contribution in [3.05, 3.63) is 0 Å². The molecule has 1 aliphatic rings. The largest absolute Gasteiger partial charge is 0.317 e. The zero-order valence-corrected chi connectivity index (χ0v) is 12.8. The van der Waals surface area contributed by atoms with Crippen LogP contribution in [0.25, 0.3) is 0 Å². The molecule has 18 heavy (non-hydrogen) atoms. The van der Waals surface area contributed by atoms with Crippen molar-refractivity contribution in [2.45, 2.75) is 84.5 Å². The molecule has 1 saturated carbocycles. The molecule has 0 heterocycles. The molecule has 0 amide bonds. The van der Waals surface area contributed by atoms with Crippen LogP contribution in [0.5, 0.6) is 0 Å². The third-order valence-corrected chi connectivity index (χ3v) is 4.48. The molecular weight excluding hydrogens is 218 g/mol. The van der Waals surface area contributed by atoms with Crippen LogP contribution < -0.4 is 5.32 Å². The second-order valence-corrected chi connectivity index (χ2v) is 6.44. The highest BCUT2D eigenvalue weighted by molar-refractivity contribution is 4.71. The predicted molar refractivity (Wildman–Crippen MR) is 82.0 cm³/mol. The number of unbranched alkanes of at least 4 members (excludes halogenated alkanes) is 5. The van der Waals surface area contributed by atoms with E-state index in [9.17, 15) is 0 Å². The van der Waals surface area contributed by atoms with Crippen molar-refractivity contribution in [2.75, 3.05) is 13.1 Å². The highest BCUT2D eigenvalue weighted by Gasteiger charge is 2.17. The second-order valence-electron chi connectivity index (χ2n) is 6.44. The summed E-state index contributed by atoms with van der Waals surface area (Å²) in [6.45, 7) is 7.21. The van der Waals surface area contributed by atoms with Crippen molar-refractivity contribution < 1.29 is 0 Å². The highest BCUT2D eigenvalue weighted by Crippen LogP contribution is 2.30. The van der Waals surface area contributed by atoms with Gasteiger partial charge in [0.2, 0.25) is 0 Å². The van der Waals surface area contributed by atoms with Crippen molar-refractivity contribution in [3.63, 3.8) is 0 Å². The molecule has 0 aliphatic heterocycles. The molecule has 1 N–H and O–H groups in total. The summed E-state index contributed by atoms with van der Waals surface area (Å²) in [4.78, 5) is 0. The summed E-state index contributed by atoms with van der Waals surface area (Å²) in [5.74, 6) is 2.01. The van der Waals surface area contributed by atoms with E-state index in [0.29, 0.717) is 0 Å². The van der Waals surface area contributed by atoms with E-state index in [1.165, 1.54) is 83.7 Å². The molecule has 2 atom stereocenters. The summed E-state index contributed by atoms with van der Waals surface area (Å²) in [6.07, 6.45) is 15.8. The minimum absolute atomic E-state index is 0.988. The van der Waals surface area contributed by atoms with Gasteiger partial charge in [0, 0.05) is 0 Å². The molecule has 0 saturated heterocycles. The average Bonchev–Trinajstić information content (AvgIpc) is 2.37. The lowest BCUT2D eigenvalue weighted by Gasteiger charge is -2.26. The van der Waals surface area contributed by atoms with Gasteiger partial charge in [-0.15, -0.1) is 0 Å². The average molecular weight is 253 g/mol. The summed E-state index contributed by atoms with van der Waals surface area (Å²) < 4.78 is 0. The molecule has 0 aromatic carbocycles. The van der Waals surface area contributed by atoms with Crippen LogP contribution in [-0.2, 0) is 0 Å². The molecule has 0 bridgehead atoms. The Labute approximate surface area is 115 Å². The van der Waals surface area contributed by atoms with Gasteiger partial charge in [-0.2, -0.15) is 0 Å². The van der Waals surface area contributed by atoms with E-state index in [1.807, 2.05) is 0 Å². The third-order valence-electron chi connectivity index (χ3n) is 4.48. The van der Waals surface area contributed by atoms with Gasteiger partial charge < -0.3 is 5.32 Å². The minimum atomic E-state index is 0.988. The van der Waals surface area contributed by atoms with Gasteiger partial charge in [-0.3, -0.25) is 0 Å². The van der Waals surface area contributed by atoms with Gasteiger partial charge in [0.15, 0.2) is 0 Å². The Morgan fingerprint density at radius 3 is 2.50 bits per heavy atom. The topological polar surface area (TPSA) is 12.0 Å². The Balaban J connectivity index is 1.80. The quantitative estimate of drug-likeness (QED) is 0.531. The van der Waals surface area contributed by atoms with Gasteiger partial charge in [-0.1, -0.05) is 65.2 Å². The maximum Gasteiger partial charge on any atom is -0.00463 e. The fraction of sp³-hybridized carbons (Fsp3) is 1.00. The molecule has 0 radical (unpaired) electrons. The third kappa shape index (κ3) is 8.13. The first-order chi connectivity index (χ1) is 8.83. The van der Waals surface area contributed by atoms with Crippen LogP contribution in [0.2, 0.25) is 0 Å². The van der Waals surface area contributed by atoms with Crippen molar-refractivity contribution in [3.8, 4) is 0 Å². The normalized spacial score (nSPS) is 24.3. The Morgan fingerprint density at radius 1 is 0.944 bits per heavy atom. The summed E-state index contributed by atoms with van der Waals surface area (Å²) in [6, 6.07) is 0. The van der Waals surface area contributed by atoms with Crippen LogP contribution in [0.15, 0.2) is 0 Å². The van der Waals surface area contributed by atoms with Gasteiger partial charge in [0.1, 0.15) is 0 Å². The monoisotopic (exact) mass is 253 g/mol. The summed E-state index contributed by atoms with van der Waals surface area (Å²) in [5, 5.41) is 3.64. The lowest BCUT2D eigenvalue weighted by molar-refractivity contribution is 0.267. The van der Waals surface area contributed by atoms with Crippen molar-refractivity contribution in [1.29, 1.82) is 0 Å². The van der Waals surface area contributed by atoms with E-state index in [1.54, 1.807) is 0 Å².